The predicted molar refractivity (Wildman–Crippen MR) is 47.5 cm³/mol. The minimum atomic E-state index is -0.170. The van der Waals surface area contributed by atoms with Crippen LogP contribution in [0.15, 0.2) is 21.5 Å². The zero-order valence-electron chi connectivity index (χ0n) is 6.42. The molecule has 0 aliphatic carbocycles. The minimum Gasteiger partial charge on any atom is -0.330 e. The van der Waals surface area contributed by atoms with E-state index in [-0.39, 0.29) is 5.56 Å². The molecule has 1 aromatic heterocycles. The molecule has 0 atom stereocenters. The fourth-order valence-electron chi connectivity index (χ4n) is 0.951. The highest BCUT2D eigenvalue weighted by atomic mass is 32.2. The summed E-state index contributed by atoms with van der Waals surface area (Å²) in [6, 6.07) is 1.53. The Hall–Kier alpha value is -1.23. The van der Waals surface area contributed by atoms with Crippen molar-refractivity contribution in [3.8, 4) is 0 Å². The molecule has 0 bridgehead atoms. The second kappa shape index (κ2) is 2.67. The number of fused-ring (bicyclic) bond motifs is 1. The standard InChI is InChI=1S/C7H7N3OS/c1-4-2-5-6(12-10-4)3-7(11)9-8-5/h2-3,10H,1H3,(H,9,11). The van der Waals surface area contributed by atoms with Crippen LogP contribution in [-0.4, -0.2) is 10.2 Å². The SMILES string of the molecule is CC1=Cc2n[nH]c(=O)cc2SN1. The van der Waals surface area contributed by atoms with Crippen molar-refractivity contribution in [2.24, 2.45) is 0 Å². The summed E-state index contributed by atoms with van der Waals surface area (Å²) < 4.78 is 3.05. The number of H-pyrrole nitrogens is 1. The smallest absolute Gasteiger partial charge is 0.265 e. The van der Waals surface area contributed by atoms with Gasteiger partial charge in [-0.1, -0.05) is 0 Å². The molecule has 0 spiro atoms. The fraction of sp³-hybridized carbons (Fsp3) is 0.143. The molecular weight excluding hydrogens is 174 g/mol. The first-order chi connectivity index (χ1) is 5.75. The molecule has 2 rings (SSSR count). The Labute approximate surface area is 73.2 Å². The first-order valence-electron chi connectivity index (χ1n) is 3.46. The average molecular weight is 181 g/mol. The van der Waals surface area contributed by atoms with E-state index in [2.05, 4.69) is 14.9 Å². The van der Waals surface area contributed by atoms with Gasteiger partial charge in [0.1, 0.15) is 5.69 Å². The Morgan fingerprint density at radius 2 is 2.42 bits per heavy atom. The van der Waals surface area contributed by atoms with Gasteiger partial charge in [0.2, 0.25) is 0 Å². The highest BCUT2D eigenvalue weighted by molar-refractivity contribution is 7.97. The maximum Gasteiger partial charge on any atom is 0.265 e. The second-order valence-corrected chi connectivity index (χ2v) is 3.36. The van der Waals surface area contributed by atoms with E-state index in [1.807, 2.05) is 13.0 Å². The largest absolute Gasteiger partial charge is 0.330 e. The minimum absolute atomic E-state index is 0.170. The van der Waals surface area contributed by atoms with Crippen molar-refractivity contribution in [2.75, 3.05) is 0 Å². The van der Waals surface area contributed by atoms with Crippen molar-refractivity contribution in [2.45, 2.75) is 11.8 Å². The van der Waals surface area contributed by atoms with Gasteiger partial charge < -0.3 is 4.72 Å². The van der Waals surface area contributed by atoms with Crippen LogP contribution in [0.25, 0.3) is 6.08 Å². The zero-order chi connectivity index (χ0) is 8.55. The lowest BCUT2D eigenvalue weighted by Gasteiger charge is -2.12. The van der Waals surface area contributed by atoms with Crippen molar-refractivity contribution >= 4 is 18.0 Å². The van der Waals surface area contributed by atoms with E-state index in [9.17, 15) is 4.79 Å². The van der Waals surface area contributed by atoms with Crippen LogP contribution in [0, 0.1) is 0 Å². The fourth-order valence-corrected chi connectivity index (χ4v) is 1.66. The molecule has 2 N–H and O–H groups in total. The van der Waals surface area contributed by atoms with Crippen molar-refractivity contribution in [3.05, 3.63) is 27.8 Å². The molecule has 0 saturated heterocycles. The number of hydrogen-bond acceptors (Lipinski definition) is 4. The Kier molecular flexibility index (Phi) is 1.65. The van der Waals surface area contributed by atoms with Gasteiger partial charge in [-0.25, -0.2) is 5.10 Å². The van der Waals surface area contributed by atoms with Crippen molar-refractivity contribution < 1.29 is 0 Å². The van der Waals surface area contributed by atoms with Crippen LogP contribution >= 0.6 is 11.9 Å². The molecule has 62 valence electrons. The quantitative estimate of drug-likeness (QED) is 0.580. The van der Waals surface area contributed by atoms with Crippen LogP contribution < -0.4 is 10.3 Å². The van der Waals surface area contributed by atoms with Crippen LogP contribution in [-0.2, 0) is 0 Å². The summed E-state index contributed by atoms with van der Waals surface area (Å²) in [6.45, 7) is 1.95. The number of rotatable bonds is 0. The summed E-state index contributed by atoms with van der Waals surface area (Å²) in [5.74, 6) is 0. The summed E-state index contributed by atoms with van der Waals surface area (Å²) in [6.07, 6.45) is 1.89. The van der Waals surface area contributed by atoms with E-state index >= 15 is 0 Å². The molecule has 5 heteroatoms. The van der Waals surface area contributed by atoms with Crippen molar-refractivity contribution in [1.82, 2.24) is 14.9 Å². The summed E-state index contributed by atoms with van der Waals surface area (Å²) >= 11 is 1.41. The lowest BCUT2D eigenvalue weighted by Crippen LogP contribution is -2.13. The Bertz CT molecular complexity index is 396. The molecule has 0 amide bonds. The maximum atomic E-state index is 10.8. The molecule has 0 saturated carbocycles. The monoisotopic (exact) mass is 181 g/mol. The van der Waals surface area contributed by atoms with E-state index in [4.69, 9.17) is 0 Å². The molecule has 0 fully saturated rings. The summed E-state index contributed by atoms with van der Waals surface area (Å²) in [7, 11) is 0. The highest BCUT2D eigenvalue weighted by Crippen LogP contribution is 2.23. The molecule has 4 nitrogen and oxygen atoms in total. The molecule has 1 aromatic rings. The first-order valence-corrected chi connectivity index (χ1v) is 4.28. The molecule has 1 aliphatic heterocycles. The molecule has 0 radical (unpaired) electrons. The molecule has 0 unspecified atom stereocenters. The zero-order valence-corrected chi connectivity index (χ0v) is 7.23. The highest BCUT2D eigenvalue weighted by Gasteiger charge is 2.09. The van der Waals surface area contributed by atoms with Crippen molar-refractivity contribution in [3.63, 3.8) is 0 Å². The third kappa shape index (κ3) is 1.23. The topological polar surface area (TPSA) is 57.8 Å². The molecule has 2 heterocycles. The summed E-state index contributed by atoms with van der Waals surface area (Å²) in [5.41, 5.74) is 1.68. The van der Waals surface area contributed by atoms with E-state index in [0.29, 0.717) is 0 Å². The van der Waals surface area contributed by atoms with E-state index in [0.717, 1.165) is 16.3 Å². The van der Waals surface area contributed by atoms with Crippen LogP contribution in [0.2, 0.25) is 0 Å². The Morgan fingerprint density at radius 3 is 3.25 bits per heavy atom. The first kappa shape index (κ1) is 7.42. The number of aromatic amines is 1. The van der Waals surface area contributed by atoms with Gasteiger partial charge >= 0.3 is 0 Å². The van der Waals surface area contributed by atoms with Gasteiger partial charge in [-0.05, 0) is 24.9 Å². The predicted octanol–water partition coefficient (Wildman–Crippen LogP) is 0.741. The van der Waals surface area contributed by atoms with Crippen LogP contribution in [0.4, 0.5) is 0 Å². The van der Waals surface area contributed by atoms with Crippen molar-refractivity contribution in [1.29, 1.82) is 0 Å². The summed E-state index contributed by atoms with van der Waals surface area (Å²) in [5, 5.41) is 6.28. The van der Waals surface area contributed by atoms with Gasteiger partial charge in [-0.2, -0.15) is 5.10 Å². The van der Waals surface area contributed by atoms with Gasteiger partial charge in [-0.15, -0.1) is 0 Å². The molecular formula is C7H7N3OS. The van der Waals surface area contributed by atoms with Crippen LogP contribution in [0.1, 0.15) is 12.6 Å². The number of hydrogen-bond donors (Lipinski definition) is 2. The molecule has 1 aliphatic rings. The third-order valence-electron chi connectivity index (χ3n) is 1.48. The van der Waals surface area contributed by atoms with Gasteiger partial charge in [0, 0.05) is 11.8 Å². The van der Waals surface area contributed by atoms with Gasteiger partial charge in [0.05, 0.1) is 4.90 Å². The third-order valence-corrected chi connectivity index (χ3v) is 2.45. The number of nitrogens with one attached hydrogen (secondary N) is 2. The van der Waals surface area contributed by atoms with Gasteiger partial charge in [0.25, 0.3) is 5.56 Å². The molecule has 12 heavy (non-hydrogen) atoms. The lowest BCUT2D eigenvalue weighted by atomic mass is 10.3. The van der Waals surface area contributed by atoms with E-state index in [1.54, 1.807) is 0 Å². The van der Waals surface area contributed by atoms with Crippen LogP contribution in [0.5, 0.6) is 0 Å². The number of allylic oxidation sites excluding steroid dienone is 1. The number of aromatic nitrogens is 2. The molecule has 0 aromatic carbocycles. The normalized spacial score (nSPS) is 14.6. The van der Waals surface area contributed by atoms with Gasteiger partial charge in [0.15, 0.2) is 0 Å². The Morgan fingerprint density at radius 1 is 1.58 bits per heavy atom. The second-order valence-electron chi connectivity index (χ2n) is 2.51. The van der Waals surface area contributed by atoms with Gasteiger partial charge in [-0.3, -0.25) is 4.79 Å². The van der Waals surface area contributed by atoms with E-state index < -0.39 is 0 Å². The maximum absolute atomic E-state index is 10.8. The van der Waals surface area contributed by atoms with E-state index in [1.165, 1.54) is 18.0 Å². The Balaban J connectivity index is 2.58. The lowest BCUT2D eigenvalue weighted by molar-refractivity contribution is 0.933. The summed E-state index contributed by atoms with van der Waals surface area (Å²) in [4.78, 5) is 11.7. The number of nitrogens with zero attached hydrogens (tertiary/aromatic N) is 1. The average Bonchev–Trinajstić information content (AvgIpc) is 2.05. The van der Waals surface area contributed by atoms with Crippen LogP contribution in [0.3, 0.4) is 0 Å².